The van der Waals surface area contributed by atoms with Gasteiger partial charge in [-0.15, -0.1) is 0 Å². The zero-order valence-electron chi connectivity index (χ0n) is 66.5. The van der Waals surface area contributed by atoms with E-state index in [1.54, 1.807) is 0 Å². The number of para-hydroxylation sites is 4. The molecule has 0 unspecified atom stereocenters. The number of hydrogen-bond donors (Lipinski definition) is 0. The van der Waals surface area contributed by atoms with E-state index in [2.05, 4.69) is 397 Å². The summed E-state index contributed by atoms with van der Waals surface area (Å²) in [5.41, 5.74) is 26.0. The molecule has 0 spiro atoms. The lowest BCUT2D eigenvalue weighted by atomic mass is 9.33. The fourth-order valence-electron chi connectivity index (χ4n) is 21.2. The highest BCUT2D eigenvalue weighted by atomic mass is 35.5. The second-order valence-corrected chi connectivity index (χ2v) is 40.7. The van der Waals surface area contributed by atoms with Gasteiger partial charge in [0, 0.05) is 124 Å². The Morgan fingerprint density at radius 3 is 0.844 bits per heavy atom. The molecule has 0 atom stereocenters. The molecule has 0 saturated heterocycles. The Hall–Kier alpha value is -14.9. The van der Waals surface area contributed by atoms with Gasteiger partial charge in [-0.2, -0.15) is 0 Å². The van der Waals surface area contributed by atoms with Crippen LogP contribution in [0.1, 0.15) is 11.1 Å². The molecule has 4 aliphatic rings. The molecule has 0 N–H and O–H groups in total. The first-order valence-corrected chi connectivity index (χ1v) is 46.1. The van der Waals surface area contributed by atoms with Crippen LogP contribution in [0, 0.1) is 13.8 Å². The van der Waals surface area contributed by atoms with E-state index in [0.717, 1.165) is 139 Å². The average Bonchev–Trinajstić information content (AvgIpc) is 0.733. The number of aryl methyl sites for hydroxylation is 2. The second-order valence-electron chi connectivity index (χ2n) is 32.8. The predicted octanol–water partition coefficient (Wildman–Crippen LogP) is 22.6. The Bertz CT molecular complexity index is 7620. The molecule has 574 valence electrons. The molecule has 6 bridgehead atoms. The van der Waals surface area contributed by atoms with E-state index in [0.29, 0.717) is 5.02 Å². The van der Waals surface area contributed by atoms with Gasteiger partial charge in [0.25, 0.3) is 6.71 Å². The van der Waals surface area contributed by atoms with E-state index in [-0.39, 0.29) is 6.71 Å². The summed E-state index contributed by atoms with van der Waals surface area (Å²) in [6.07, 6.45) is 0. The molecule has 8 heterocycles. The lowest BCUT2D eigenvalue weighted by Gasteiger charge is -2.51. The van der Waals surface area contributed by atoms with E-state index in [4.69, 9.17) is 29.3 Å². The maximum Gasteiger partial charge on any atom is 0.251 e. The van der Waals surface area contributed by atoms with Crippen molar-refractivity contribution in [1.82, 2.24) is 0 Å². The SMILES string of the molecule is Cc1cc2c(Cl)c(c1)N(c1ccc3c(c1)oc1ccccc13)c1cccc(c1)[Si](c1ccccc1)(c1ccccc1)c1cccc(c1)N2c1ccc2c(c1)oc1ccccc12.Cc1cc2c3c(c1)N(c1ccc4c(c1)oc1ccccc14)c1cccc4c1B3c1c(cccc1[Si]4(c1ccccc1)c1ccccc1)N2c1ccc2c(c1)oc1ccccc12. The van der Waals surface area contributed by atoms with E-state index in [1.807, 2.05) is 36.4 Å². The van der Waals surface area contributed by atoms with Crippen LogP contribution in [0.2, 0.25) is 5.02 Å². The van der Waals surface area contributed by atoms with Crippen molar-refractivity contribution in [3.8, 4) is 0 Å². The largest absolute Gasteiger partial charge is 0.456 e. The van der Waals surface area contributed by atoms with Crippen LogP contribution in [0.5, 0.6) is 0 Å². The number of halogens is 1. The summed E-state index contributed by atoms with van der Waals surface area (Å²) in [6.45, 7) is 4.40. The van der Waals surface area contributed by atoms with E-state index in [1.165, 1.54) is 86.2 Å². The van der Waals surface area contributed by atoms with Crippen molar-refractivity contribution in [3.63, 3.8) is 0 Å². The summed E-state index contributed by atoms with van der Waals surface area (Å²) in [5, 5.41) is 20.2. The number of fused-ring (bicyclic) bond motifs is 18. The van der Waals surface area contributed by atoms with Crippen molar-refractivity contribution in [3.05, 3.63) is 417 Å². The van der Waals surface area contributed by atoms with Crippen LogP contribution in [0.15, 0.2) is 418 Å². The fraction of sp³-hybridized carbons (Fsp3) is 0.0182. The molecular weight excluding hydrogens is 1540 g/mol. The molecule has 4 aromatic heterocycles. The molecule has 0 amide bonds. The Labute approximate surface area is 710 Å². The minimum Gasteiger partial charge on any atom is -0.456 e. The molecule has 4 aliphatic heterocycles. The Kier molecular flexibility index (Phi) is 15.6. The molecule has 22 aromatic rings. The van der Waals surface area contributed by atoms with Gasteiger partial charge < -0.3 is 37.3 Å². The van der Waals surface area contributed by atoms with Crippen LogP contribution in [0.4, 0.5) is 68.2 Å². The van der Waals surface area contributed by atoms with E-state index >= 15 is 0 Å². The highest BCUT2D eigenvalue weighted by molar-refractivity contribution is 7.27. The number of rotatable bonds is 8. The summed E-state index contributed by atoms with van der Waals surface area (Å²) in [4.78, 5) is 9.67. The standard InChI is InChI=1S/C55H35BN2O2Si.C55H37ClN2O2Si/c1-34-30-45-53-46(31-34)58(36-27-29-42-40-19-9-11-23-48(40)60-50(42)33-36)44-21-13-25-52-55(44)56(53)54-43(57(45)35-26-28-41-39-18-8-10-22-47(39)59-49(41)32-35)20-12-24-51(54)61(52,37-14-4-2-5-15-37)38-16-6-3-7-17-38;1-36-30-49-55(56)50(31-36)58(40-27-29-48-46-23-9-11-25-52(46)60-54(48)35-40)38-15-13-21-44(33-38)61(41-16-4-2-5-17-41,42-18-6-3-7-19-42)43-20-12-14-37(32-43)57(49)39-26-28-47-45-22-8-10-24-51(45)59-53(47)34-39/h2-33H,1H3;2-35H,1H3. The van der Waals surface area contributed by atoms with E-state index < -0.39 is 16.1 Å². The number of furan rings is 4. The number of anilines is 12. The third kappa shape index (κ3) is 10.3. The molecular formula is C110H72BClN4O4Si2. The van der Waals surface area contributed by atoms with Gasteiger partial charge in [0.1, 0.15) is 44.7 Å². The average molecular weight is 1620 g/mol. The Morgan fingerprint density at radius 2 is 0.492 bits per heavy atom. The van der Waals surface area contributed by atoms with Crippen molar-refractivity contribution in [1.29, 1.82) is 0 Å². The number of benzene rings is 18. The van der Waals surface area contributed by atoms with Crippen molar-refractivity contribution in [2.75, 3.05) is 19.6 Å². The highest BCUT2D eigenvalue weighted by Gasteiger charge is 2.56. The van der Waals surface area contributed by atoms with Crippen molar-refractivity contribution < 1.29 is 17.7 Å². The molecule has 12 heteroatoms. The second kappa shape index (κ2) is 27.1. The van der Waals surface area contributed by atoms with Gasteiger partial charge in [-0.1, -0.05) is 254 Å². The summed E-state index contributed by atoms with van der Waals surface area (Å²) >= 11 is 7.92. The first kappa shape index (κ1) is 70.2. The summed E-state index contributed by atoms with van der Waals surface area (Å²) in [5.74, 6) is 0. The lowest BCUT2D eigenvalue weighted by molar-refractivity contribution is 0.668. The molecule has 8 nitrogen and oxygen atoms in total. The maximum absolute atomic E-state index is 7.92. The van der Waals surface area contributed by atoms with Crippen LogP contribution in [-0.4, -0.2) is 22.9 Å². The fourth-order valence-corrected chi connectivity index (χ4v) is 31.6. The van der Waals surface area contributed by atoms with Crippen LogP contribution in [-0.2, 0) is 0 Å². The smallest absolute Gasteiger partial charge is 0.251 e. The monoisotopic (exact) mass is 1610 g/mol. The first-order chi connectivity index (χ1) is 60.2. The first-order valence-electron chi connectivity index (χ1n) is 41.7. The lowest BCUT2D eigenvalue weighted by Crippen LogP contribution is -2.88. The van der Waals surface area contributed by atoms with Crippen molar-refractivity contribution >= 4 is 248 Å². The predicted molar refractivity (Wildman–Crippen MR) is 514 cm³/mol. The maximum atomic E-state index is 7.92. The minimum atomic E-state index is -3.02. The van der Waals surface area contributed by atoms with Gasteiger partial charge in [0.15, 0.2) is 16.1 Å². The zero-order chi connectivity index (χ0) is 80.6. The van der Waals surface area contributed by atoms with Gasteiger partial charge in [0.2, 0.25) is 0 Å². The van der Waals surface area contributed by atoms with Gasteiger partial charge >= 0.3 is 0 Å². The zero-order valence-corrected chi connectivity index (χ0v) is 69.2. The third-order valence-electron chi connectivity index (χ3n) is 26.1. The van der Waals surface area contributed by atoms with Crippen molar-refractivity contribution in [2.45, 2.75) is 13.8 Å². The van der Waals surface area contributed by atoms with Crippen LogP contribution in [0.25, 0.3) is 87.8 Å². The molecule has 122 heavy (non-hydrogen) atoms. The minimum absolute atomic E-state index is 0.0217. The Balaban J connectivity index is 0.000000134. The third-order valence-corrected chi connectivity index (χ3v) is 36.2. The molecule has 0 aliphatic carbocycles. The molecule has 0 radical (unpaired) electrons. The van der Waals surface area contributed by atoms with Gasteiger partial charge in [-0.05, 0) is 216 Å². The topological polar surface area (TPSA) is 65.5 Å². The van der Waals surface area contributed by atoms with Crippen LogP contribution in [0.3, 0.4) is 0 Å². The van der Waals surface area contributed by atoms with E-state index in [9.17, 15) is 0 Å². The quantitative estimate of drug-likeness (QED) is 0.139. The van der Waals surface area contributed by atoms with Gasteiger partial charge in [0.05, 0.1) is 16.4 Å². The van der Waals surface area contributed by atoms with Crippen LogP contribution < -0.4 is 77.5 Å². The van der Waals surface area contributed by atoms with Gasteiger partial charge in [-0.25, -0.2) is 0 Å². The Morgan fingerprint density at radius 1 is 0.213 bits per heavy atom. The molecule has 18 aromatic carbocycles. The molecule has 0 fully saturated rings. The van der Waals surface area contributed by atoms with Crippen LogP contribution >= 0.6 is 11.6 Å². The van der Waals surface area contributed by atoms with Gasteiger partial charge in [-0.3, -0.25) is 0 Å². The summed E-state index contributed by atoms with van der Waals surface area (Å²) < 4.78 is 26.2. The highest BCUT2D eigenvalue weighted by Crippen LogP contribution is 2.52. The molecule has 0 saturated carbocycles. The summed E-state index contributed by atoms with van der Waals surface area (Å²) in [7, 11) is -5.97. The number of nitrogens with zero attached hydrogens (tertiary/aromatic N) is 4. The molecule has 26 rings (SSSR count). The normalized spacial score (nSPS) is 13.9. The van der Waals surface area contributed by atoms with Crippen molar-refractivity contribution in [2.24, 2.45) is 0 Å². The summed E-state index contributed by atoms with van der Waals surface area (Å²) in [6, 6.07) is 146. The number of hydrogen-bond acceptors (Lipinski definition) is 8.